The Morgan fingerprint density at radius 2 is 2.00 bits per heavy atom. The Labute approximate surface area is 141 Å². The van der Waals surface area contributed by atoms with Gasteiger partial charge in [-0.25, -0.2) is 18.1 Å². The van der Waals surface area contributed by atoms with Gasteiger partial charge in [0.25, 0.3) is 0 Å². The Balaban J connectivity index is 1.79. The minimum absolute atomic E-state index is 0.208. The zero-order chi connectivity index (χ0) is 17.3. The minimum atomic E-state index is -3.59. The molecule has 0 fully saturated rings. The number of aryl methyl sites for hydroxylation is 2. The van der Waals surface area contributed by atoms with Gasteiger partial charge < -0.3 is 9.30 Å². The summed E-state index contributed by atoms with van der Waals surface area (Å²) >= 11 is 0. The summed E-state index contributed by atoms with van der Waals surface area (Å²) in [4.78, 5) is 4.51. The standard InChI is InChI=1S/C17H19N3O3S/c1-12-8-14(5-7-17(12)23-3)24(21,22)19-10-13-4-6-16-15(9-13)18-11-20(16)2/h4-9,11,19H,10H2,1-3H3. The van der Waals surface area contributed by atoms with Crippen molar-refractivity contribution in [1.29, 1.82) is 0 Å². The Hall–Kier alpha value is -2.38. The van der Waals surface area contributed by atoms with E-state index in [1.165, 1.54) is 6.07 Å². The number of fused-ring (bicyclic) bond motifs is 1. The minimum Gasteiger partial charge on any atom is -0.496 e. The zero-order valence-corrected chi connectivity index (χ0v) is 14.6. The molecule has 126 valence electrons. The van der Waals surface area contributed by atoms with E-state index in [1.807, 2.05) is 36.7 Å². The van der Waals surface area contributed by atoms with Gasteiger partial charge in [0, 0.05) is 13.6 Å². The van der Waals surface area contributed by atoms with Crippen LogP contribution in [-0.4, -0.2) is 25.1 Å². The van der Waals surface area contributed by atoms with E-state index in [1.54, 1.807) is 25.6 Å². The van der Waals surface area contributed by atoms with Crippen LogP contribution in [0.15, 0.2) is 47.6 Å². The molecule has 0 aliphatic rings. The van der Waals surface area contributed by atoms with Crippen LogP contribution in [0.3, 0.4) is 0 Å². The SMILES string of the molecule is COc1ccc(S(=O)(=O)NCc2ccc3c(c2)ncn3C)cc1C. The van der Waals surface area contributed by atoms with Crippen LogP contribution >= 0.6 is 0 Å². The zero-order valence-electron chi connectivity index (χ0n) is 13.8. The summed E-state index contributed by atoms with van der Waals surface area (Å²) in [6, 6.07) is 10.5. The number of nitrogens with one attached hydrogen (secondary N) is 1. The third kappa shape index (κ3) is 3.13. The highest BCUT2D eigenvalue weighted by Crippen LogP contribution is 2.21. The molecular weight excluding hydrogens is 326 g/mol. The molecule has 6 nitrogen and oxygen atoms in total. The lowest BCUT2D eigenvalue weighted by molar-refractivity contribution is 0.411. The van der Waals surface area contributed by atoms with Gasteiger partial charge in [0.2, 0.25) is 10.0 Å². The van der Waals surface area contributed by atoms with Gasteiger partial charge in [0.1, 0.15) is 5.75 Å². The maximum atomic E-state index is 12.5. The molecule has 0 saturated heterocycles. The smallest absolute Gasteiger partial charge is 0.240 e. The number of aromatic nitrogens is 2. The fourth-order valence-corrected chi connectivity index (χ4v) is 3.67. The summed E-state index contributed by atoms with van der Waals surface area (Å²) in [5.41, 5.74) is 3.48. The topological polar surface area (TPSA) is 73.2 Å². The van der Waals surface area contributed by atoms with Gasteiger partial charge in [-0.1, -0.05) is 6.07 Å². The molecular formula is C17H19N3O3S. The summed E-state index contributed by atoms with van der Waals surface area (Å²) in [5, 5.41) is 0. The van der Waals surface area contributed by atoms with Crippen molar-refractivity contribution in [3.05, 3.63) is 53.9 Å². The van der Waals surface area contributed by atoms with Crippen LogP contribution in [0.1, 0.15) is 11.1 Å². The third-order valence-electron chi connectivity index (χ3n) is 3.93. The molecule has 7 heteroatoms. The normalized spacial score (nSPS) is 11.8. The Kier molecular flexibility index (Phi) is 4.29. The van der Waals surface area contributed by atoms with Crippen LogP contribution in [0.5, 0.6) is 5.75 Å². The summed E-state index contributed by atoms with van der Waals surface area (Å²) in [6.45, 7) is 2.02. The first-order valence-electron chi connectivity index (χ1n) is 7.45. The third-order valence-corrected chi connectivity index (χ3v) is 5.33. The number of methoxy groups -OCH3 is 1. The number of hydrogen-bond acceptors (Lipinski definition) is 4. The van der Waals surface area contributed by atoms with Gasteiger partial charge in [-0.3, -0.25) is 0 Å². The molecule has 0 amide bonds. The van der Waals surface area contributed by atoms with Crippen molar-refractivity contribution in [3.63, 3.8) is 0 Å². The van der Waals surface area contributed by atoms with Crippen molar-refractivity contribution < 1.29 is 13.2 Å². The molecule has 0 saturated carbocycles. The van der Waals surface area contributed by atoms with E-state index in [9.17, 15) is 8.42 Å². The van der Waals surface area contributed by atoms with Gasteiger partial charge in [-0.2, -0.15) is 0 Å². The van der Waals surface area contributed by atoms with E-state index in [-0.39, 0.29) is 11.4 Å². The van der Waals surface area contributed by atoms with Crippen LogP contribution in [0.2, 0.25) is 0 Å². The second-order valence-corrected chi connectivity index (χ2v) is 7.40. The van der Waals surface area contributed by atoms with Crippen LogP contribution in [-0.2, 0) is 23.6 Å². The largest absolute Gasteiger partial charge is 0.496 e. The predicted molar refractivity (Wildman–Crippen MR) is 92.5 cm³/mol. The molecule has 0 radical (unpaired) electrons. The van der Waals surface area contributed by atoms with E-state index in [4.69, 9.17) is 4.74 Å². The van der Waals surface area contributed by atoms with E-state index in [0.717, 1.165) is 22.2 Å². The number of nitrogens with zero attached hydrogens (tertiary/aromatic N) is 2. The van der Waals surface area contributed by atoms with Crippen molar-refractivity contribution in [3.8, 4) is 5.75 Å². The first-order valence-corrected chi connectivity index (χ1v) is 8.93. The molecule has 1 aromatic heterocycles. The fraction of sp³-hybridized carbons (Fsp3) is 0.235. The monoisotopic (exact) mass is 345 g/mol. The summed E-state index contributed by atoms with van der Waals surface area (Å²) in [5.74, 6) is 0.662. The summed E-state index contributed by atoms with van der Waals surface area (Å²) in [6.07, 6.45) is 1.73. The molecule has 1 heterocycles. The Morgan fingerprint density at radius 1 is 1.21 bits per heavy atom. The van der Waals surface area contributed by atoms with Crippen LogP contribution in [0, 0.1) is 6.92 Å². The molecule has 24 heavy (non-hydrogen) atoms. The predicted octanol–water partition coefficient (Wildman–Crippen LogP) is 2.37. The lowest BCUT2D eigenvalue weighted by atomic mass is 10.2. The second-order valence-electron chi connectivity index (χ2n) is 5.63. The first-order chi connectivity index (χ1) is 11.4. The van der Waals surface area contributed by atoms with E-state index in [0.29, 0.717) is 5.75 Å². The van der Waals surface area contributed by atoms with Gasteiger partial charge in [0.15, 0.2) is 0 Å². The molecule has 0 aliphatic heterocycles. The average Bonchev–Trinajstić information content (AvgIpc) is 2.93. The molecule has 2 aromatic carbocycles. The lowest BCUT2D eigenvalue weighted by Crippen LogP contribution is -2.23. The molecule has 1 N–H and O–H groups in total. The fourth-order valence-electron chi connectivity index (χ4n) is 2.57. The average molecular weight is 345 g/mol. The van der Waals surface area contributed by atoms with Crippen molar-refractivity contribution >= 4 is 21.1 Å². The van der Waals surface area contributed by atoms with Gasteiger partial charge in [-0.05, 0) is 48.4 Å². The molecule has 0 bridgehead atoms. The highest BCUT2D eigenvalue weighted by Gasteiger charge is 2.15. The number of ether oxygens (including phenoxy) is 1. The van der Waals surface area contributed by atoms with Crippen LogP contribution in [0.25, 0.3) is 11.0 Å². The van der Waals surface area contributed by atoms with E-state index < -0.39 is 10.0 Å². The summed E-state index contributed by atoms with van der Waals surface area (Å²) in [7, 11) is -0.107. The number of sulfonamides is 1. The molecule has 0 unspecified atom stereocenters. The Morgan fingerprint density at radius 3 is 2.71 bits per heavy atom. The first kappa shape index (κ1) is 16.5. The van der Waals surface area contributed by atoms with E-state index in [2.05, 4.69) is 9.71 Å². The van der Waals surface area contributed by atoms with E-state index >= 15 is 0 Å². The van der Waals surface area contributed by atoms with Crippen LogP contribution in [0.4, 0.5) is 0 Å². The maximum absolute atomic E-state index is 12.5. The number of benzene rings is 2. The second kappa shape index (κ2) is 6.26. The molecule has 0 atom stereocenters. The molecule has 3 rings (SSSR count). The number of rotatable bonds is 5. The highest BCUT2D eigenvalue weighted by molar-refractivity contribution is 7.89. The van der Waals surface area contributed by atoms with Crippen molar-refractivity contribution in [2.24, 2.45) is 7.05 Å². The summed E-state index contributed by atoms with van der Waals surface area (Å²) < 4.78 is 34.6. The lowest BCUT2D eigenvalue weighted by Gasteiger charge is -2.10. The molecule has 3 aromatic rings. The molecule has 0 aliphatic carbocycles. The maximum Gasteiger partial charge on any atom is 0.240 e. The number of hydrogen-bond donors (Lipinski definition) is 1. The quantitative estimate of drug-likeness (QED) is 0.770. The van der Waals surface area contributed by atoms with Crippen LogP contribution < -0.4 is 9.46 Å². The van der Waals surface area contributed by atoms with Gasteiger partial charge >= 0.3 is 0 Å². The number of imidazole rings is 1. The highest BCUT2D eigenvalue weighted by atomic mass is 32.2. The van der Waals surface area contributed by atoms with Crippen molar-refractivity contribution in [2.75, 3.05) is 7.11 Å². The van der Waals surface area contributed by atoms with Crippen molar-refractivity contribution in [2.45, 2.75) is 18.4 Å². The van der Waals surface area contributed by atoms with Gasteiger partial charge in [-0.15, -0.1) is 0 Å². The van der Waals surface area contributed by atoms with Gasteiger partial charge in [0.05, 0.1) is 29.4 Å². The Bertz CT molecular complexity index is 993. The molecule has 0 spiro atoms. The van der Waals surface area contributed by atoms with Crippen molar-refractivity contribution in [1.82, 2.24) is 14.3 Å².